The number of benzene rings is 1. The van der Waals surface area contributed by atoms with E-state index in [1.807, 2.05) is 5.38 Å². The summed E-state index contributed by atoms with van der Waals surface area (Å²) in [5.41, 5.74) is 2.93. The van der Waals surface area contributed by atoms with Crippen LogP contribution in [0.2, 0.25) is 0 Å². The summed E-state index contributed by atoms with van der Waals surface area (Å²) in [7, 11) is 0. The van der Waals surface area contributed by atoms with Crippen molar-refractivity contribution in [2.75, 3.05) is 6.61 Å². The van der Waals surface area contributed by atoms with Gasteiger partial charge in [0, 0.05) is 10.3 Å². The maximum absolute atomic E-state index is 12.6. The van der Waals surface area contributed by atoms with Crippen molar-refractivity contribution in [3.05, 3.63) is 51.2 Å². The van der Waals surface area contributed by atoms with Crippen LogP contribution in [0.5, 0.6) is 5.75 Å². The van der Waals surface area contributed by atoms with Crippen molar-refractivity contribution >= 4 is 17.2 Å². The number of amides is 1. The molecule has 2 atom stereocenters. The molecule has 1 aliphatic carbocycles. The first-order valence-corrected chi connectivity index (χ1v) is 9.23. The number of aliphatic hydroxyl groups excluding tert-OH is 1. The first-order valence-electron chi connectivity index (χ1n) is 8.35. The Morgan fingerprint density at radius 3 is 2.83 bits per heavy atom. The summed E-state index contributed by atoms with van der Waals surface area (Å²) >= 11 is 1.67. The number of nitrogens with one attached hydrogen (secondary N) is 1. The van der Waals surface area contributed by atoms with E-state index in [0.29, 0.717) is 12.3 Å². The van der Waals surface area contributed by atoms with Gasteiger partial charge in [-0.3, -0.25) is 4.79 Å². The molecule has 1 heterocycles. The third-order valence-corrected chi connectivity index (χ3v) is 5.67. The maximum atomic E-state index is 12.6. The Labute approximate surface area is 146 Å². The molecule has 0 saturated heterocycles. The Bertz CT molecular complexity index is 708. The zero-order valence-electron chi connectivity index (χ0n) is 13.8. The second-order valence-corrected chi connectivity index (χ2v) is 7.59. The molecule has 1 amide bonds. The Hall–Kier alpha value is -1.85. The van der Waals surface area contributed by atoms with E-state index in [1.54, 1.807) is 35.6 Å². The second-order valence-electron chi connectivity index (χ2n) is 6.62. The molecular weight excluding hydrogens is 322 g/mol. The highest BCUT2D eigenvalue weighted by atomic mass is 32.1. The first kappa shape index (κ1) is 17.0. The third kappa shape index (κ3) is 3.79. The maximum Gasteiger partial charge on any atom is 0.252 e. The van der Waals surface area contributed by atoms with E-state index in [-0.39, 0.29) is 24.3 Å². The fraction of sp³-hybridized carbons (Fsp3) is 0.421. The zero-order valence-corrected chi connectivity index (χ0v) is 14.6. The SMILES string of the molecule is CC1CCc2c(C(=O)N[C@H](CO)Cc3ccc(O)cc3)csc2C1. The van der Waals surface area contributed by atoms with E-state index < -0.39 is 0 Å². The molecule has 0 spiro atoms. The molecule has 24 heavy (non-hydrogen) atoms. The first-order chi connectivity index (χ1) is 11.6. The van der Waals surface area contributed by atoms with Crippen LogP contribution < -0.4 is 5.32 Å². The Kier molecular flexibility index (Phi) is 5.21. The molecule has 0 radical (unpaired) electrons. The van der Waals surface area contributed by atoms with Gasteiger partial charge in [0.15, 0.2) is 0 Å². The number of rotatable bonds is 5. The van der Waals surface area contributed by atoms with Crippen molar-refractivity contribution in [3.63, 3.8) is 0 Å². The summed E-state index contributed by atoms with van der Waals surface area (Å²) in [6, 6.07) is 6.50. The van der Waals surface area contributed by atoms with Crippen molar-refractivity contribution in [2.45, 2.75) is 38.6 Å². The molecule has 1 unspecified atom stereocenters. The van der Waals surface area contributed by atoms with Crippen LogP contribution in [0.15, 0.2) is 29.6 Å². The lowest BCUT2D eigenvalue weighted by Gasteiger charge is -2.20. The lowest BCUT2D eigenvalue weighted by Crippen LogP contribution is -2.39. The van der Waals surface area contributed by atoms with Crippen LogP contribution in [0, 0.1) is 5.92 Å². The molecule has 0 aliphatic heterocycles. The molecule has 4 nitrogen and oxygen atoms in total. The molecule has 3 rings (SSSR count). The van der Waals surface area contributed by atoms with Gasteiger partial charge >= 0.3 is 0 Å². The van der Waals surface area contributed by atoms with Crippen LogP contribution >= 0.6 is 11.3 Å². The van der Waals surface area contributed by atoms with Crippen molar-refractivity contribution in [3.8, 4) is 5.75 Å². The molecule has 0 saturated carbocycles. The van der Waals surface area contributed by atoms with Crippen LogP contribution in [-0.4, -0.2) is 28.8 Å². The van der Waals surface area contributed by atoms with E-state index in [1.165, 1.54) is 10.4 Å². The highest BCUT2D eigenvalue weighted by molar-refractivity contribution is 7.10. The number of thiophene rings is 1. The number of aliphatic hydroxyl groups is 1. The lowest BCUT2D eigenvalue weighted by molar-refractivity contribution is 0.0915. The highest BCUT2D eigenvalue weighted by Gasteiger charge is 2.24. The number of phenolic OH excluding ortho intramolecular Hbond substituents is 1. The minimum atomic E-state index is -0.333. The Morgan fingerprint density at radius 2 is 2.12 bits per heavy atom. The minimum absolute atomic E-state index is 0.0973. The number of carbonyl (C=O) groups is 1. The van der Waals surface area contributed by atoms with Gasteiger partial charge in [-0.25, -0.2) is 0 Å². The van der Waals surface area contributed by atoms with E-state index in [9.17, 15) is 15.0 Å². The standard InChI is InChI=1S/C19H23NO3S/c1-12-2-7-16-17(11-24-18(16)8-12)19(23)20-14(10-21)9-13-3-5-15(22)6-4-13/h3-6,11-12,14,21-22H,2,7-10H2,1H3,(H,20,23)/t12?,14-/m0/s1. The molecule has 1 aromatic heterocycles. The highest BCUT2D eigenvalue weighted by Crippen LogP contribution is 2.32. The van der Waals surface area contributed by atoms with E-state index in [2.05, 4.69) is 12.2 Å². The molecule has 1 aromatic carbocycles. The van der Waals surface area contributed by atoms with Gasteiger partial charge in [-0.05, 0) is 54.9 Å². The van der Waals surface area contributed by atoms with Crippen LogP contribution in [0.4, 0.5) is 0 Å². The van der Waals surface area contributed by atoms with E-state index in [0.717, 1.165) is 30.4 Å². The van der Waals surface area contributed by atoms with Crippen LogP contribution in [-0.2, 0) is 19.3 Å². The fourth-order valence-corrected chi connectivity index (χ4v) is 4.45. The lowest BCUT2D eigenvalue weighted by atomic mass is 9.88. The number of carbonyl (C=O) groups excluding carboxylic acids is 1. The Balaban J connectivity index is 1.68. The van der Waals surface area contributed by atoms with Crippen LogP contribution in [0.25, 0.3) is 0 Å². The molecule has 1 aliphatic rings. The number of hydrogen-bond donors (Lipinski definition) is 3. The van der Waals surface area contributed by atoms with Gasteiger partial charge in [0.2, 0.25) is 0 Å². The zero-order chi connectivity index (χ0) is 17.1. The molecule has 5 heteroatoms. The topological polar surface area (TPSA) is 69.6 Å². The van der Waals surface area contributed by atoms with Crippen LogP contribution in [0.3, 0.4) is 0 Å². The molecule has 0 fully saturated rings. The largest absolute Gasteiger partial charge is 0.508 e. The molecule has 128 valence electrons. The van der Waals surface area contributed by atoms with Crippen LogP contribution in [0.1, 0.15) is 39.7 Å². The number of phenols is 1. The van der Waals surface area contributed by atoms with Gasteiger partial charge in [0.25, 0.3) is 5.91 Å². The minimum Gasteiger partial charge on any atom is -0.508 e. The molecule has 2 aromatic rings. The average molecular weight is 345 g/mol. The summed E-state index contributed by atoms with van der Waals surface area (Å²) < 4.78 is 0. The number of fused-ring (bicyclic) bond motifs is 1. The van der Waals surface area contributed by atoms with Crippen molar-refractivity contribution in [1.82, 2.24) is 5.32 Å². The monoisotopic (exact) mass is 345 g/mol. The Morgan fingerprint density at radius 1 is 1.38 bits per heavy atom. The van der Waals surface area contributed by atoms with Crippen molar-refractivity contribution < 1.29 is 15.0 Å². The third-order valence-electron chi connectivity index (χ3n) is 4.62. The average Bonchev–Trinajstić information content (AvgIpc) is 2.99. The van der Waals surface area contributed by atoms with Gasteiger partial charge in [-0.15, -0.1) is 11.3 Å². The normalized spacial score (nSPS) is 18.0. The predicted octanol–water partition coefficient (Wildman–Crippen LogP) is 2.91. The van der Waals surface area contributed by atoms with Crippen molar-refractivity contribution in [1.29, 1.82) is 0 Å². The van der Waals surface area contributed by atoms with Gasteiger partial charge in [0.1, 0.15) is 5.75 Å². The molecule has 3 N–H and O–H groups in total. The fourth-order valence-electron chi connectivity index (χ4n) is 3.21. The predicted molar refractivity (Wildman–Crippen MR) is 95.7 cm³/mol. The van der Waals surface area contributed by atoms with Crippen molar-refractivity contribution in [2.24, 2.45) is 5.92 Å². The van der Waals surface area contributed by atoms with Gasteiger partial charge in [0.05, 0.1) is 18.2 Å². The quantitative estimate of drug-likeness (QED) is 0.780. The summed E-state index contributed by atoms with van der Waals surface area (Å²) in [5, 5.41) is 23.8. The summed E-state index contributed by atoms with van der Waals surface area (Å²) in [6.45, 7) is 2.14. The smallest absolute Gasteiger partial charge is 0.252 e. The number of hydrogen-bond acceptors (Lipinski definition) is 4. The van der Waals surface area contributed by atoms with E-state index >= 15 is 0 Å². The van der Waals surface area contributed by atoms with Gasteiger partial charge < -0.3 is 15.5 Å². The summed E-state index contributed by atoms with van der Waals surface area (Å²) in [4.78, 5) is 13.9. The summed E-state index contributed by atoms with van der Waals surface area (Å²) in [5.74, 6) is 0.800. The molecular formula is C19H23NO3S. The number of aromatic hydroxyl groups is 1. The molecule has 0 bridgehead atoms. The van der Waals surface area contributed by atoms with Gasteiger partial charge in [-0.1, -0.05) is 19.1 Å². The second kappa shape index (κ2) is 7.36. The van der Waals surface area contributed by atoms with Gasteiger partial charge in [-0.2, -0.15) is 0 Å². The summed E-state index contributed by atoms with van der Waals surface area (Å²) in [6.07, 6.45) is 3.68. The van der Waals surface area contributed by atoms with E-state index in [4.69, 9.17) is 0 Å².